The van der Waals surface area contributed by atoms with Crippen LogP contribution in [0.2, 0.25) is 0 Å². The van der Waals surface area contributed by atoms with E-state index in [1.54, 1.807) is 6.92 Å². The van der Waals surface area contributed by atoms with E-state index in [2.05, 4.69) is 0 Å². The van der Waals surface area contributed by atoms with Crippen molar-refractivity contribution in [2.24, 2.45) is 5.73 Å². The molecule has 0 saturated heterocycles. The molecule has 96 valence electrons. The molecule has 0 spiro atoms. The van der Waals surface area contributed by atoms with E-state index in [4.69, 9.17) is 10.5 Å². The monoisotopic (exact) mass is 247 g/mol. The normalized spacial score (nSPS) is 12.6. The first kappa shape index (κ1) is 13.8. The van der Waals surface area contributed by atoms with E-state index in [1.807, 2.05) is 0 Å². The van der Waals surface area contributed by atoms with Gasteiger partial charge < -0.3 is 10.5 Å². The summed E-state index contributed by atoms with van der Waals surface area (Å²) < 4.78 is 46.1. The molecular formula is C12H16F3NO. The molecule has 5 heteroatoms. The summed E-state index contributed by atoms with van der Waals surface area (Å²) in [6.07, 6.45) is 0. The van der Waals surface area contributed by atoms with Crippen LogP contribution in [0.5, 0.6) is 5.75 Å². The predicted molar refractivity (Wildman–Crippen MR) is 59.7 cm³/mol. The quantitative estimate of drug-likeness (QED) is 0.887. The zero-order valence-electron chi connectivity index (χ0n) is 10.1. The summed E-state index contributed by atoms with van der Waals surface area (Å²) >= 11 is 0. The highest BCUT2D eigenvalue weighted by Gasteiger charge is 2.45. The van der Waals surface area contributed by atoms with Crippen LogP contribution in [0.1, 0.15) is 26.3 Å². The van der Waals surface area contributed by atoms with Gasteiger partial charge in [-0.2, -0.15) is 8.78 Å². The first-order valence-electron chi connectivity index (χ1n) is 5.29. The lowest BCUT2D eigenvalue weighted by atomic mass is 9.91. The maximum Gasteiger partial charge on any atom is 0.290 e. The minimum atomic E-state index is -3.31. The topological polar surface area (TPSA) is 35.2 Å². The van der Waals surface area contributed by atoms with E-state index in [1.165, 1.54) is 19.9 Å². The van der Waals surface area contributed by atoms with Crippen LogP contribution < -0.4 is 10.5 Å². The average molecular weight is 247 g/mol. The van der Waals surface area contributed by atoms with Crippen LogP contribution in [0.15, 0.2) is 18.2 Å². The van der Waals surface area contributed by atoms with Gasteiger partial charge in [-0.1, -0.05) is 0 Å². The van der Waals surface area contributed by atoms with Crippen molar-refractivity contribution in [3.8, 4) is 5.75 Å². The van der Waals surface area contributed by atoms with Gasteiger partial charge in [-0.15, -0.1) is 0 Å². The molecule has 0 aromatic heterocycles. The van der Waals surface area contributed by atoms with Gasteiger partial charge in [0.1, 0.15) is 0 Å². The van der Waals surface area contributed by atoms with Crippen LogP contribution in [0.4, 0.5) is 13.2 Å². The summed E-state index contributed by atoms with van der Waals surface area (Å²) in [6.45, 7) is 4.35. The van der Waals surface area contributed by atoms with Crippen molar-refractivity contribution in [3.05, 3.63) is 29.6 Å². The molecule has 0 saturated carbocycles. The Bertz CT molecular complexity index is 399. The molecule has 0 atom stereocenters. The number of nitrogens with two attached hydrogens (primary N) is 1. The fourth-order valence-electron chi connectivity index (χ4n) is 1.34. The smallest absolute Gasteiger partial charge is 0.290 e. The van der Waals surface area contributed by atoms with E-state index < -0.39 is 22.8 Å². The van der Waals surface area contributed by atoms with E-state index >= 15 is 0 Å². The molecule has 17 heavy (non-hydrogen) atoms. The van der Waals surface area contributed by atoms with Crippen LogP contribution in [-0.2, 0) is 5.92 Å². The largest absolute Gasteiger partial charge is 0.491 e. The minimum Gasteiger partial charge on any atom is -0.491 e. The number of hydrogen-bond acceptors (Lipinski definition) is 2. The van der Waals surface area contributed by atoms with Crippen molar-refractivity contribution in [2.75, 3.05) is 6.61 Å². The lowest BCUT2D eigenvalue weighted by Crippen LogP contribution is -2.48. The Morgan fingerprint density at radius 2 is 1.88 bits per heavy atom. The van der Waals surface area contributed by atoms with E-state index in [9.17, 15) is 13.2 Å². The molecule has 2 N–H and O–H groups in total. The zero-order valence-corrected chi connectivity index (χ0v) is 10.1. The summed E-state index contributed by atoms with van der Waals surface area (Å²) in [5, 5.41) is 0. The van der Waals surface area contributed by atoms with Gasteiger partial charge in [-0.25, -0.2) is 4.39 Å². The standard InChI is InChI=1S/C12H16F3NO/c1-4-17-10-6-5-8(7-9(10)13)12(14,15)11(2,3)16/h5-7H,4,16H2,1-3H3. The number of hydrogen-bond donors (Lipinski definition) is 1. The summed E-state index contributed by atoms with van der Waals surface area (Å²) in [4.78, 5) is 0. The van der Waals surface area contributed by atoms with Gasteiger partial charge in [0.05, 0.1) is 12.1 Å². The summed E-state index contributed by atoms with van der Waals surface area (Å²) in [7, 11) is 0. The molecule has 0 aliphatic rings. The summed E-state index contributed by atoms with van der Waals surface area (Å²) in [5.74, 6) is -4.16. The van der Waals surface area contributed by atoms with Gasteiger partial charge in [0, 0.05) is 5.56 Å². The fraction of sp³-hybridized carbons (Fsp3) is 0.500. The van der Waals surface area contributed by atoms with Crippen molar-refractivity contribution >= 4 is 0 Å². The number of rotatable bonds is 4. The second-order valence-corrected chi connectivity index (χ2v) is 4.37. The van der Waals surface area contributed by atoms with Crippen LogP contribution >= 0.6 is 0 Å². The van der Waals surface area contributed by atoms with E-state index in [-0.39, 0.29) is 12.4 Å². The van der Waals surface area contributed by atoms with Crippen molar-refractivity contribution < 1.29 is 17.9 Å². The predicted octanol–water partition coefficient (Wildman–Crippen LogP) is 3.05. The molecule has 1 aromatic rings. The highest BCUT2D eigenvalue weighted by molar-refractivity contribution is 5.33. The van der Waals surface area contributed by atoms with Gasteiger partial charge >= 0.3 is 0 Å². The minimum absolute atomic E-state index is 0.0399. The van der Waals surface area contributed by atoms with Crippen LogP contribution in [0.25, 0.3) is 0 Å². The van der Waals surface area contributed by atoms with Gasteiger partial charge in [0.25, 0.3) is 5.92 Å². The molecule has 0 radical (unpaired) electrons. The Labute approximate surface area is 98.6 Å². The number of ether oxygens (including phenoxy) is 1. The maximum absolute atomic E-state index is 13.8. The van der Waals surface area contributed by atoms with Gasteiger partial charge in [0.2, 0.25) is 0 Å². The Morgan fingerprint density at radius 3 is 2.29 bits per heavy atom. The van der Waals surface area contributed by atoms with E-state index in [0.29, 0.717) is 0 Å². The number of halogens is 3. The molecule has 0 amide bonds. The van der Waals surface area contributed by atoms with E-state index in [0.717, 1.165) is 12.1 Å². The molecule has 0 aliphatic carbocycles. The number of alkyl halides is 2. The Hall–Kier alpha value is -1.23. The Kier molecular flexibility index (Phi) is 3.71. The van der Waals surface area contributed by atoms with Crippen LogP contribution in [0, 0.1) is 5.82 Å². The third-order valence-electron chi connectivity index (χ3n) is 2.40. The van der Waals surface area contributed by atoms with Gasteiger partial charge in [0.15, 0.2) is 11.6 Å². The Morgan fingerprint density at radius 1 is 1.29 bits per heavy atom. The zero-order chi connectivity index (χ0) is 13.3. The fourth-order valence-corrected chi connectivity index (χ4v) is 1.34. The molecule has 0 unspecified atom stereocenters. The third-order valence-corrected chi connectivity index (χ3v) is 2.40. The van der Waals surface area contributed by atoms with Crippen molar-refractivity contribution in [2.45, 2.75) is 32.2 Å². The van der Waals surface area contributed by atoms with Crippen LogP contribution in [0.3, 0.4) is 0 Å². The highest BCUT2D eigenvalue weighted by atomic mass is 19.3. The summed E-state index contributed by atoms with van der Waals surface area (Å²) in [6, 6.07) is 3.08. The average Bonchev–Trinajstić information content (AvgIpc) is 2.19. The second-order valence-electron chi connectivity index (χ2n) is 4.37. The molecule has 1 aromatic carbocycles. The van der Waals surface area contributed by atoms with Crippen molar-refractivity contribution in [3.63, 3.8) is 0 Å². The van der Waals surface area contributed by atoms with Crippen molar-refractivity contribution in [1.82, 2.24) is 0 Å². The molecule has 0 aliphatic heterocycles. The lowest BCUT2D eigenvalue weighted by Gasteiger charge is -2.30. The van der Waals surface area contributed by atoms with Gasteiger partial charge in [-0.05, 0) is 39.0 Å². The van der Waals surface area contributed by atoms with Gasteiger partial charge in [-0.3, -0.25) is 0 Å². The molecular weight excluding hydrogens is 231 g/mol. The van der Waals surface area contributed by atoms with Crippen LogP contribution in [-0.4, -0.2) is 12.1 Å². The SMILES string of the molecule is CCOc1ccc(C(F)(F)C(C)(C)N)cc1F. The maximum atomic E-state index is 13.8. The molecule has 2 nitrogen and oxygen atoms in total. The molecule has 1 rings (SSSR count). The first-order valence-corrected chi connectivity index (χ1v) is 5.29. The summed E-state index contributed by atoms with van der Waals surface area (Å²) in [5.41, 5.74) is 3.18. The second kappa shape index (κ2) is 4.56. The first-order chi connectivity index (χ1) is 7.70. The lowest BCUT2D eigenvalue weighted by molar-refractivity contribution is -0.0675. The Balaban J connectivity index is 3.13. The highest BCUT2D eigenvalue weighted by Crippen LogP contribution is 2.38. The third kappa shape index (κ3) is 2.72. The molecule has 0 heterocycles. The molecule has 0 fully saturated rings. The molecule has 0 bridgehead atoms. The van der Waals surface area contributed by atoms with Crippen molar-refractivity contribution in [1.29, 1.82) is 0 Å². The number of benzene rings is 1.